The third-order valence-electron chi connectivity index (χ3n) is 5.59. The maximum Gasteiger partial charge on any atom is 0.315 e. The van der Waals surface area contributed by atoms with Gasteiger partial charge in [0.1, 0.15) is 0 Å². The monoisotopic (exact) mass is 440 g/mol. The molecule has 0 saturated carbocycles. The van der Waals surface area contributed by atoms with Crippen LogP contribution in [0.1, 0.15) is 23.4 Å². The summed E-state index contributed by atoms with van der Waals surface area (Å²) in [5, 5.41) is 10.1. The van der Waals surface area contributed by atoms with E-state index < -0.39 is 11.6 Å². The molecule has 168 valence electrons. The van der Waals surface area contributed by atoms with Crippen molar-refractivity contribution in [2.75, 3.05) is 24.5 Å². The van der Waals surface area contributed by atoms with Gasteiger partial charge in [0.25, 0.3) is 0 Å². The van der Waals surface area contributed by atoms with Gasteiger partial charge in [-0.2, -0.15) is 5.10 Å². The molecule has 3 aromatic rings. The second-order valence-corrected chi connectivity index (χ2v) is 8.13. The van der Waals surface area contributed by atoms with Crippen molar-refractivity contribution in [3.63, 3.8) is 0 Å². The SMILES string of the molecule is Cc1cc(C)n(-c2ccc(CNC(=O)NCC3CCN(c4ccc(F)c(F)c4)C3)cn2)n1. The topological polar surface area (TPSA) is 75.1 Å². The molecule has 1 aliphatic heterocycles. The molecule has 9 heteroatoms. The minimum absolute atomic E-state index is 0.246. The van der Waals surface area contributed by atoms with Gasteiger partial charge in [-0.1, -0.05) is 6.07 Å². The van der Waals surface area contributed by atoms with E-state index in [1.165, 1.54) is 6.07 Å². The van der Waals surface area contributed by atoms with E-state index in [4.69, 9.17) is 0 Å². The highest BCUT2D eigenvalue weighted by molar-refractivity contribution is 5.73. The smallest absolute Gasteiger partial charge is 0.315 e. The molecule has 1 saturated heterocycles. The molecule has 0 spiro atoms. The normalized spacial score (nSPS) is 15.8. The van der Waals surface area contributed by atoms with E-state index >= 15 is 0 Å². The quantitative estimate of drug-likeness (QED) is 0.615. The maximum atomic E-state index is 13.5. The Morgan fingerprint density at radius 1 is 1.12 bits per heavy atom. The standard InChI is InChI=1S/C23H26F2N6O/c1-15-9-16(2)31(29-15)22-6-3-17(11-26-22)12-27-23(32)28-13-18-7-8-30(14-18)19-4-5-20(24)21(25)10-19/h3-6,9-11,18H,7-8,12-14H2,1-2H3,(H2,27,28,32). The van der Waals surface area contributed by atoms with Crippen molar-refractivity contribution in [2.24, 2.45) is 5.92 Å². The van der Waals surface area contributed by atoms with Gasteiger partial charge in [-0.15, -0.1) is 0 Å². The summed E-state index contributed by atoms with van der Waals surface area (Å²) in [6.45, 7) is 6.22. The van der Waals surface area contributed by atoms with Crippen LogP contribution in [0.25, 0.3) is 5.82 Å². The number of nitrogens with one attached hydrogen (secondary N) is 2. The highest BCUT2D eigenvalue weighted by Crippen LogP contribution is 2.25. The average Bonchev–Trinajstić information content (AvgIpc) is 3.39. The van der Waals surface area contributed by atoms with Crippen molar-refractivity contribution in [1.82, 2.24) is 25.4 Å². The molecule has 1 fully saturated rings. The number of urea groups is 1. The summed E-state index contributed by atoms with van der Waals surface area (Å²) >= 11 is 0. The lowest BCUT2D eigenvalue weighted by Gasteiger charge is -2.19. The van der Waals surface area contributed by atoms with Gasteiger partial charge >= 0.3 is 6.03 Å². The molecular formula is C23H26F2N6O. The van der Waals surface area contributed by atoms with Gasteiger partial charge in [-0.25, -0.2) is 23.2 Å². The predicted molar refractivity (Wildman–Crippen MR) is 118 cm³/mol. The highest BCUT2D eigenvalue weighted by atomic mass is 19.2. The van der Waals surface area contributed by atoms with Gasteiger partial charge in [-0.3, -0.25) is 0 Å². The fourth-order valence-electron chi connectivity index (χ4n) is 3.90. The van der Waals surface area contributed by atoms with E-state index in [0.717, 1.165) is 41.8 Å². The van der Waals surface area contributed by atoms with Crippen LogP contribution in [0, 0.1) is 31.4 Å². The van der Waals surface area contributed by atoms with Crippen LogP contribution in [0.15, 0.2) is 42.6 Å². The van der Waals surface area contributed by atoms with E-state index in [1.54, 1.807) is 16.9 Å². The average molecular weight is 440 g/mol. The number of aryl methyl sites for hydroxylation is 2. The Balaban J connectivity index is 1.22. The molecule has 0 aliphatic carbocycles. The molecule has 2 amide bonds. The number of rotatable bonds is 6. The largest absolute Gasteiger partial charge is 0.371 e. The summed E-state index contributed by atoms with van der Waals surface area (Å²) in [7, 11) is 0. The molecule has 1 aliphatic rings. The van der Waals surface area contributed by atoms with Crippen LogP contribution in [0.2, 0.25) is 0 Å². The van der Waals surface area contributed by atoms with Crippen LogP contribution in [-0.4, -0.2) is 40.4 Å². The van der Waals surface area contributed by atoms with E-state index in [0.29, 0.717) is 25.3 Å². The summed E-state index contributed by atoms with van der Waals surface area (Å²) in [5.41, 5.74) is 3.49. The Bertz CT molecular complexity index is 1100. The number of halogens is 2. The fourth-order valence-corrected chi connectivity index (χ4v) is 3.90. The Hall–Kier alpha value is -3.49. The molecule has 1 aromatic carbocycles. The van der Waals surface area contributed by atoms with Gasteiger partial charge < -0.3 is 15.5 Å². The zero-order valence-corrected chi connectivity index (χ0v) is 18.1. The number of hydrogen-bond donors (Lipinski definition) is 2. The summed E-state index contributed by atoms with van der Waals surface area (Å²) < 4.78 is 28.4. The maximum absolute atomic E-state index is 13.5. The number of benzene rings is 1. The third kappa shape index (κ3) is 5.04. The number of nitrogens with zero attached hydrogens (tertiary/aromatic N) is 4. The van der Waals surface area contributed by atoms with Crippen molar-refractivity contribution in [3.05, 3.63) is 71.2 Å². The van der Waals surface area contributed by atoms with Crippen molar-refractivity contribution in [2.45, 2.75) is 26.8 Å². The minimum atomic E-state index is -0.848. The Morgan fingerprint density at radius 3 is 2.66 bits per heavy atom. The highest BCUT2D eigenvalue weighted by Gasteiger charge is 2.23. The number of aromatic nitrogens is 3. The number of pyridine rings is 1. The van der Waals surface area contributed by atoms with Crippen LogP contribution < -0.4 is 15.5 Å². The summed E-state index contributed by atoms with van der Waals surface area (Å²) in [6, 6.07) is 9.46. The number of carbonyl (C=O) groups excluding carboxylic acids is 1. The molecule has 7 nitrogen and oxygen atoms in total. The number of anilines is 1. The van der Waals surface area contributed by atoms with Crippen LogP contribution in [0.3, 0.4) is 0 Å². The Morgan fingerprint density at radius 2 is 1.97 bits per heavy atom. The molecule has 3 heterocycles. The molecule has 1 atom stereocenters. The minimum Gasteiger partial charge on any atom is -0.371 e. The van der Waals surface area contributed by atoms with E-state index in [1.807, 2.05) is 36.9 Å². The van der Waals surface area contributed by atoms with Gasteiger partial charge in [0.2, 0.25) is 0 Å². The first-order chi connectivity index (χ1) is 15.4. The number of carbonyl (C=O) groups is 1. The first-order valence-electron chi connectivity index (χ1n) is 10.6. The second kappa shape index (κ2) is 9.33. The lowest BCUT2D eigenvalue weighted by molar-refractivity contribution is 0.239. The van der Waals surface area contributed by atoms with Crippen LogP contribution in [0.5, 0.6) is 0 Å². The van der Waals surface area contributed by atoms with E-state index in [-0.39, 0.29) is 11.9 Å². The first kappa shape index (κ1) is 21.7. The Kier molecular flexibility index (Phi) is 6.34. The fraction of sp³-hybridized carbons (Fsp3) is 0.348. The summed E-state index contributed by atoms with van der Waals surface area (Å²) in [5.74, 6) is -0.716. The van der Waals surface area contributed by atoms with E-state index in [9.17, 15) is 13.6 Å². The summed E-state index contributed by atoms with van der Waals surface area (Å²) in [4.78, 5) is 18.6. The molecule has 4 rings (SSSR count). The molecular weight excluding hydrogens is 414 g/mol. The van der Waals surface area contributed by atoms with Crippen molar-refractivity contribution in [1.29, 1.82) is 0 Å². The third-order valence-corrected chi connectivity index (χ3v) is 5.59. The summed E-state index contributed by atoms with van der Waals surface area (Å²) in [6.07, 6.45) is 2.60. The van der Waals surface area contributed by atoms with Crippen molar-refractivity contribution < 1.29 is 13.6 Å². The number of hydrogen-bond acceptors (Lipinski definition) is 4. The zero-order chi connectivity index (χ0) is 22.7. The van der Waals surface area contributed by atoms with E-state index in [2.05, 4.69) is 20.7 Å². The van der Waals surface area contributed by atoms with Crippen LogP contribution in [0.4, 0.5) is 19.3 Å². The van der Waals surface area contributed by atoms with Crippen LogP contribution >= 0.6 is 0 Å². The molecule has 1 unspecified atom stereocenters. The number of amides is 2. The van der Waals surface area contributed by atoms with Crippen LogP contribution in [-0.2, 0) is 6.54 Å². The molecule has 0 radical (unpaired) electrons. The predicted octanol–water partition coefficient (Wildman–Crippen LogP) is 3.49. The van der Waals surface area contributed by atoms with Crippen molar-refractivity contribution >= 4 is 11.7 Å². The molecule has 32 heavy (non-hydrogen) atoms. The first-order valence-corrected chi connectivity index (χ1v) is 10.6. The Labute approximate surface area is 185 Å². The van der Waals surface area contributed by atoms with Gasteiger partial charge in [-0.05, 0) is 56.0 Å². The molecule has 2 aromatic heterocycles. The lowest BCUT2D eigenvalue weighted by atomic mass is 10.1. The van der Waals surface area contributed by atoms with Gasteiger partial charge in [0.15, 0.2) is 17.5 Å². The van der Waals surface area contributed by atoms with Crippen molar-refractivity contribution in [3.8, 4) is 5.82 Å². The molecule has 0 bridgehead atoms. The van der Waals surface area contributed by atoms with Gasteiger partial charge in [0.05, 0.1) is 5.69 Å². The molecule has 2 N–H and O–H groups in total. The lowest BCUT2D eigenvalue weighted by Crippen LogP contribution is -2.38. The van der Waals surface area contributed by atoms with Gasteiger partial charge in [0, 0.05) is 49.8 Å². The second-order valence-electron chi connectivity index (χ2n) is 8.13. The zero-order valence-electron chi connectivity index (χ0n) is 18.1.